The maximum atomic E-state index is 12.2. The Bertz CT molecular complexity index is 1060. The number of carbonyl (C=O) groups is 1. The highest BCUT2D eigenvalue weighted by molar-refractivity contribution is 6.30. The molecule has 5 heteroatoms. The molecule has 0 spiro atoms. The summed E-state index contributed by atoms with van der Waals surface area (Å²) in [5.41, 5.74) is 5.62. The molecule has 0 fully saturated rings. The van der Waals surface area contributed by atoms with Crippen LogP contribution in [0.5, 0.6) is 5.75 Å². The van der Waals surface area contributed by atoms with Crippen molar-refractivity contribution in [2.75, 3.05) is 11.9 Å². The summed E-state index contributed by atoms with van der Waals surface area (Å²) in [5.74, 6) is 0.311. The molecule has 0 aromatic heterocycles. The predicted octanol–water partition coefficient (Wildman–Crippen LogP) is 6.03. The number of nitrogens with one attached hydrogen (secondary N) is 1. The molecule has 0 atom stereocenters. The Kier molecular flexibility index (Phi) is 6.68. The predicted molar refractivity (Wildman–Crippen MR) is 120 cm³/mol. The molecule has 1 amide bonds. The van der Waals surface area contributed by atoms with Crippen molar-refractivity contribution in [1.29, 1.82) is 0 Å². The molecule has 3 aromatic carbocycles. The molecular formula is C24H23ClN2O2. The summed E-state index contributed by atoms with van der Waals surface area (Å²) in [6.45, 7) is 5.90. The number of aryl methyl sites for hydroxylation is 3. The summed E-state index contributed by atoms with van der Waals surface area (Å²) < 4.78 is 5.74. The van der Waals surface area contributed by atoms with E-state index in [9.17, 15) is 4.79 Å². The number of nitrogens with zero attached hydrogens (tertiary/aromatic N) is 1. The van der Waals surface area contributed by atoms with Gasteiger partial charge in [0.25, 0.3) is 5.91 Å². The fourth-order valence-electron chi connectivity index (χ4n) is 2.81. The maximum absolute atomic E-state index is 12.2. The van der Waals surface area contributed by atoms with Crippen molar-refractivity contribution in [2.24, 2.45) is 4.99 Å². The van der Waals surface area contributed by atoms with Gasteiger partial charge in [-0.25, -0.2) is 0 Å². The normalized spacial score (nSPS) is 10.9. The van der Waals surface area contributed by atoms with Gasteiger partial charge in [-0.3, -0.25) is 9.79 Å². The first-order valence-corrected chi connectivity index (χ1v) is 9.69. The van der Waals surface area contributed by atoms with Gasteiger partial charge in [0.1, 0.15) is 5.75 Å². The van der Waals surface area contributed by atoms with Crippen molar-refractivity contribution in [1.82, 2.24) is 0 Å². The number of amides is 1. The molecule has 0 radical (unpaired) electrons. The van der Waals surface area contributed by atoms with Gasteiger partial charge in [-0.05, 0) is 73.9 Å². The lowest BCUT2D eigenvalue weighted by Crippen LogP contribution is -2.20. The Morgan fingerprint density at radius 1 is 1.03 bits per heavy atom. The third-order valence-corrected chi connectivity index (χ3v) is 4.57. The van der Waals surface area contributed by atoms with Crippen LogP contribution in [0.15, 0.2) is 65.7 Å². The number of benzene rings is 3. The van der Waals surface area contributed by atoms with Gasteiger partial charge in [0, 0.05) is 22.5 Å². The molecule has 0 aliphatic heterocycles. The van der Waals surface area contributed by atoms with Crippen molar-refractivity contribution < 1.29 is 9.53 Å². The second-order valence-electron chi connectivity index (χ2n) is 6.94. The maximum Gasteiger partial charge on any atom is 0.262 e. The molecule has 3 aromatic rings. The Morgan fingerprint density at radius 2 is 1.83 bits per heavy atom. The summed E-state index contributed by atoms with van der Waals surface area (Å²) in [5, 5.41) is 3.40. The van der Waals surface area contributed by atoms with Gasteiger partial charge in [-0.1, -0.05) is 35.9 Å². The second kappa shape index (κ2) is 9.39. The van der Waals surface area contributed by atoms with E-state index in [4.69, 9.17) is 16.3 Å². The van der Waals surface area contributed by atoms with Crippen molar-refractivity contribution in [2.45, 2.75) is 20.8 Å². The second-order valence-corrected chi connectivity index (χ2v) is 7.37. The topological polar surface area (TPSA) is 50.7 Å². The van der Waals surface area contributed by atoms with Gasteiger partial charge in [-0.2, -0.15) is 0 Å². The first-order chi connectivity index (χ1) is 13.9. The van der Waals surface area contributed by atoms with Crippen LogP contribution < -0.4 is 10.1 Å². The number of anilines is 1. The highest BCUT2D eigenvalue weighted by Gasteiger charge is 2.08. The molecule has 0 saturated heterocycles. The zero-order chi connectivity index (χ0) is 20.8. The average molecular weight is 407 g/mol. The number of halogens is 1. The summed E-state index contributed by atoms with van der Waals surface area (Å²) in [4.78, 5) is 16.8. The highest BCUT2D eigenvalue weighted by atomic mass is 35.5. The zero-order valence-electron chi connectivity index (χ0n) is 16.7. The van der Waals surface area contributed by atoms with Gasteiger partial charge >= 0.3 is 0 Å². The first kappa shape index (κ1) is 20.6. The number of ether oxygens (including phenoxy) is 1. The van der Waals surface area contributed by atoms with Crippen molar-refractivity contribution >= 4 is 35.1 Å². The molecule has 148 valence electrons. The van der Waals surface area contributed by atoms with Crippen LogP contribution in [0.2, 0.25) is 5.02 Å². The minimum atomic E-state index is -0.233. The molecule has 4 nitrogen and oxygen atoms in total. The van der Waals surface area contributed by atoms with Crippen LogP contribution in [-0.4, -0.2) is 18.7 Å². The van der Waals surface area contributed by atoms with Gasteiger partial charge in [0.15, 0.2) is 6.61 Å². The van der Waals surface area contributed by atoms with Crippen LogP contribution in [0.3, 0.4) is 0 Å². The Labute approximate surface area is 176 Å². The lowest BCUT2D eigenvalue weighted by atomic mass is 10.1. The molecule has 0 unspecified atom stereocenters. The van der Waals surface area contributed by atoms with E-state index < -0.39 is 0 Å². The molecule has 29 heavy (non-hydrogen) atoms. The number of hydrogen-bond acceptors (Lipinski definition) is 3. The van der Waals surface area contributed by atoms with E-state index in [1.807, 2.05) is 57.2 Å². The van der Waals surface area contributed by atoms with E-state index in [-0.39, 0.29) is 12.5 Å². The molecule has 0 aliphatic carbocycles. The average Bonchev–Trinajstić information content (AvgIpc) is 2.68. The summed E-state index contributed by atoms with van der Waals surface area (Å²) in [6.07, 6.45) is 1.71. The lowest BCUT2D eigenvalue weighted by molar-refractivity contribution is -0.118. The Balaban J connectivity index is 1.72. The smallest absolute Gasteiger partial charge is 0.262 e. The summed E-state index contributed by atoms with van der Waals surface area (Å²) in [7, 11) is 0. The largest absolute Gasteiger partial charge is 0.483 e. The number of aliphatic imine (C=N–C) groups is 1. The number of carbonyl (C=O) groups excluding carboxylic acids is 1. The zero-order valence-corrected chi connectivity index (χ0v) is 17.5. The molecule has 0 aliphatic rings. The van der Waals surface area contributed by atoms with E-state index in [2.05, 4.69) is 16.4 Å². The van der Waals surface area contributed by atoms with Gasteiger partial charge < -0.3 is 10.1 Å². The number of hydrogen-bond donors (Lipinski definition) is 1. The molecular weight excluding hydrogens is 384 g/mol. The van der Waals surface area contributed by atoms with E-state index >= 15 is 0 Å². The molecule has 0 bridgehead atoms. The quantitative estimate of drug-likeness (QED) is 0.508. The van der Waals surface area contributed by atoms with Crippen molar-refractivity contribution in [3.8, 4) is 5.75 Å². The highest BCUT2D eigenvalue weighted by Crippen LogP contribution is 2.24. The lowest BCUT2D eigenvalue weighted by Gasteiger charge is -2.10. The van der Waals surface area contributed by atoms with Crippen molar-refractivity contribution in [3.05, 3.63) is 87.9 Å². The van der Waals surface area contributed by atoms with E-state index in [1.54, 1.807) is 24.4 Å². The van der Waals surface area contributed by atoms with Gasteiger partial charge in [0.2, 0.25) is 0 Å². The Morgan fingerprint density at radius 3 is 2.62 bits per heavy atom. The SMILES string of the molecule is Cc1cccc(NC(=O)COc2ccc(Cl)cc2C=Nc2cc(C)ccc2C)c1. The fraction of sp³-hybridized carbons (Fsp3) is 0.167. The summed E-state index contributed by atoms with van der Waals surface area (Å²) in [6, 6.07) is 19.0. The first-order valence-electron chi connectivity index (χ1n) is 9.31. The number of rotatable bonds is 6. The van der Waals surface area contributed by atoms with Gasteiger partial charge in [-0.15, -0.1) is 0 Å². The minimum Gasteiger partial charge on any atom is -0.483 e. The Hall–Kier alpha value is -3.11. The van der Waals surface area contributed by atoms with E-state index in [1.165, 1.54) is 0 Å². The minimum absolute atomic E-state index is 0.111. The van der Waals surface area contributed by atoms with E-state index in [0.717, 1.165) is 28.1 Å². The molecule has 3 rings (SSSR count). The summed E-state index contributed by atoms with van der Waals surface area (Å²) >= 11 is 6.14. The third-order valence-electron chi connectivity index (χ3n) is 4.34. The van der Waals surface area contributed by atoms with Crippen LogP contribution >= 0.6 is 11.6 Å². The van der Waals surface area contributed by atoms with Crippen LogP contribution in [-0.2, 0) is 4.79 Å². The van der Waals surface area contributed by atoms with Gasteiger partial charge in [0.05, 0.1) is 5.69 Å². The van der Waals surface area contributed by atoms with Crippen LogP contribution in [0, 0.1) is 20.8 Å². The van der Waals surface area contributed by atoms with Crippen molar-refractivity contribution in [3.63, 3.8) is 0 Å². The molecule has 0 saturated carbocycles. The standard InChI is InChI=1S/C24H23ClN2O2/c1-16-5-4-6-21(11-16)27-24(28)15-29-23-10-9-20(25)13-19(23)14-26-22-12-17(2)7-8-18(22)3/h4-14H,15H2,1-3H3,(H,27,28). The van der Waals surface area contributed by atoms with Crippen LogP contribution in [0.4, 0.5) is 11.4 Å². The van der Waals surface area contributed by atoms with Crippen LogP contribution in [0.25, 0.3) is 0 Å². The van der Waals surface area contributed by atoms with E-state index in [0.29, 0.717) is 16.3 Å². The molecule has 1 N–H and O–H groups in total. The monoisotopic (exact) mass is 406 g/mol. The third kappa shape index (κ3) is 5.93. The van der Waals surface area contributed by atoms with Crippen LogP contribution in [0.1, 0.15) is 22.3 Å². The fourth-order valence-corrected chi connectivity index (χ4v) is 2.99. The molecule has 0 heterocycles.